The average Bonchev–Trinajstić information content (AvgIpc) is 0.811. The minimum atomic E-state index is -3.67. The first-order valence-corrected chi connectivity index (χ1v) is 0.655. The second-order valence-corrected chi connectivity index (χ2v) is 0.247. The molecule has 0 radical (unpaired) electrons. The molecule has 0 saturated heterocycles. The maximum atomic E-state index is 9.67. The zero-order valence-electron chi connectivity index (χ0n) is 1.98. The molecule has 0 spiro atoms. The van der Waals surface area contributed by atoms with E-state index < -0.39 is 7.54 Å². The summed E-state index contributed by atoms with van der Waals surface area (Å²) in [5.74, 6) is 0. The van der Waals surface area contributed by atoms with Crippen molar-refractivity contribution in [1.29, 1.82) is 0 Å². The van der Waals surface area contributed by atoms with Gasteiger partial charge in [0.2, 0.25) is 0 Å². The Kier molecular flexibility index (Phi) is 10.3. The molecular weight excluding hydrogens is 241 g/mol. The van der Waals surface area contributed by atoms with Crippen LogP contribution in [0.5, 0.6) is 0 Å². The molecule has 0 aromatic rings. The summed E-state index contributed by atoms with van der Waals surface area (Å²) in [5.41, 5.74) is 0. The van der Waals surface area contributed by atoms with E-state index in [1.165, 1.54) is 0 Å². The van der Waals surface area contributed by atoms with Crippen LogP contribution in [0, 0.1) is 46.9 Å². The van der Waals surface area contributed by atoms with Gasteiger partial charge in [-0.2, -0.15) is 0 Å². The fourth-order valence-electron chi connectivity index (χ4n) is 0. The van der Waals surface area contributed by atoms with Gasteiger partial charge in [0.25, 0.3) is 0 Å². The van der Waals surface area contributed by atoms with Crippen LogP contribution in [0.2, 0.25) is 0 Å². The standard InChI is InChI=1S/BF3.Yb/c2-1(3)4;. The molecule has 0 aliphatic heterocycles. The quantitative estimate of drug-likeness (QED) is 0.552. The van der Waals surface area contributed by atoms with Crippen molar-refractivity contribution < 1.29 is 59.9 Å². The minimum Gasteiger partial charge on any atom is -0.254 e. The Hall–Kier alpha value is 1.37. The van der Waals surface area contributed by atoms with Crippen molar-refractivity contribution in [3.8, 4) is 0 Å². The molecule has 0 unspecified atom stereocenters. The van der Waals surface area contributed by atoms with E-state index in [9.17, 15) is 12.9 Å². The van der Waals surface area contributed by atoms with E-state index in [1.54, 1.807) is 0 Å². The van der Waals surface area contributed by atoms with E-state index in [0.717, 1.165) is 0 Å². The molecule has 0 saturated carbocycles. The third kappa shape index (κ3) is 32.4. The van der Waals surface area contributed by atoms with Gasteiger partial charge in [-0.25, -0.2) is 0 Å². The Bertz CT molecular complexity index is 11.6. The Morgan fingerprint density at radius 3 is 1.00 bits per heavy atom. The van der Waals surface area contributed by atoms with Gasteiger partial charge < -0.3 is 0 Å². The largest absolute Gasteiger partial charge is 0.762 e. The minimum absolute atomic E-state index is 0. The zero-order chi connectivity index (χ0) is 3.58. The van der Waals surface area contributed by atoms with Crippen LogP contribution in [0.25, 0.3) is 0 Å². The van der Waals surface area contributed by atoms with E-state index in [1.807, 2.05) is 0 Å². The van der Waals surface area contributed by atoms with Crippen molar-refractivity contribution in [2.75, 3.05) is 0 Å². The third-order valence-corrected chi connectivity index (χ3v) is 0. The third-order valence-electron chi connectivity index (χ3n) is 0. The van der Waals surface area contributed by atoms with Crippen LogP contribution in [-0.4, -0.2) is 7.54 Å². The SMILES string of the molecule is FB(F)F.[Yb]. The normalized spacial score (nSPS) is 5.40. The molecular formula is BF3Yb. The number of halogens is 3. The summed E-state index contributed by atoms with van der Waals surface area (Å²) in [6.45, 7) is 0. The Labute approximate surface area is 66.6 Å². The first-order valence-electron chi connectivity index (χ1n) is 0.655. The molecule has 0 aromatic heterocycles. The molecule has 0 heterocycles. The monoisotopic (exact) mass is 242 g/mol. The van der Waals surface area contributed by atoms with Gasteiger partial charge in [0.1, 0.15) is 0 Å². The Morgan fingerprint density at radius 2 is 1.00 bits per heavy atom. The maximum Gasteiger partial charge on any atom is 0.762 e. The topological polar surface area (TPSA) is 0 Å². The zero-order valence-corrected chi connectivity index (χ0v) is 3.69. The fourth-order valence-corrected chi connectivity index (χ4v) is 0. The average molecular weight is 241 g/mol. The van der Waals surface area contributed by atoms with E-state index >= 15 is 0 Å². The van der Waals surface area contributed by atoms with Crippen LogP contribution in [0.15, 0.2) is 0 Å². The van der Waals surface area contributed by atoms with Gasteiger partial charge in [0, 0.05) is 46.9 Å². The van der Waals surface area contributed by atoms with Crippen LogP contribution >= 0.6 is 0 Å². The van der Waals surface area contributed by atoms with Gasteiger partial charge in [-0.1, -0.05) is 0 Å². The summed E-state index contributed by atoms with van der Waals surface area (Å²) >= 11 is 0. The molecule has 38 valence electrons. The van der Waals surface area contributed by atoms with Crippen molar-refractivity contribution in [2.24, 2.45) is 0 Å². The van der Waals surface area contributed by atoms with Gasteiger partial charge in [0.15, 0.2) is 0 Å². The number of hydrogen-bond donors (Lipinski definition) is 0. The predicted molar refractivity (Wildman–Crippen MR) is 9.08 cm³/mol. The molecule has 0 aromatic carbocycles. The summed E-state index contributed by atoms with van der Waals surface area (Å²) in [6, 6.07) is 0. The van der Waals surface area contributed by atoms with Crippen LogP contribution < -0.4 is 0 Å². The Balaban J connectivity index is 0. The van der Waals surface area contributed by atoms with Crippen LogP contribution in [0.3, 0.4) is 0 Å². The second kappa shape index (κ2) is 5.37. The van der Waals surface area contributed by atoms with Crippen LogP contribution in [-0.2, 0) is 0 Å². The van der Waals surface area contributed by atoms with Gasteiger partial charge in [-0.3, -0.25) is 12.9 Å². The second-order valence-electron chi connectivity index (χ2n) is 0.247. The summed E-state index contributed by atoms with van der Waals surface area (Å²) in [4.78, 5) is 0. The van der Waals surface area contributed by atoms with Gasteiger partial charge in [0.05, 0.1) is 0 Å². The van der Waals surface area contributed by atoms with Crippen molar-refractivity contribution in [2.45, 2.75) is 0 Å². The molecule has 5 heteroatoms. The summed E-state index contributed by atoms with van der Waals surface area (Å²) in [6.07, 6.45) is 0. The van der Waals surface area contributed by atoms with E-state index in [2.05, 4.69) is 0 Å². The molecule has 5 heavy (non-hydrogen) atoms. The van der Waals surface area contributed by atoms with Crippen molar-refractivity contribution in [3.05, 3.63) is 0 Å². The van der Waals surface area contributed by atoms with E-state index in [0.29, 0.717) is 0 Å². The van der Waals surface area contributed by atoms with Crippen molar-refractivity contribution in [1.82, 2.24) is 0 Å². The first kappa shape index (κ1) is 9.62. The molecule has 0 atom stereocenters. The first-order chi connectivity index (χ1) is 1.73. The molecule has 0 aliphatic rings. The smallest absolute Gasteiger partial charge is 0.254 e. The van der Waals surface area contributed by atoms with Crippen molar-refractivity contribution in [3.63, 3.8) is 0 Å². The summed E-state index contributed by atoms with van der Waals surface area (Å²) < 4.78 is 29.0. The van der Waals surface area contributed by atoms with Gasteiger partial charge in [-0.05, 0) is 0 Å². The molecule has 0 nitrogen and oxygen atoms in total. The molecule has 0 amide bonds. The van der Waals surface area contributed by atoms with E-state index in [-0.39, 0.29) is 46.9 Å². The van der Waals surface area contributed by atoms with Crippen molar-refractivity contribution >= 4 is 7.54 Å². The molecule has 0 rings (SSSR count). The van der Waals surface area contributed by atoms with Gasteiger partial charge >= 0.3 is 7.54 Å². The molecule has 0 fully saturated rings. The van der Waals surface area contributed by atoms with E-state index in [4.69, 9.17) is 0 Å². The van der Waals surface area contributed by atoms with Crippen LogP contribution in [0.4, 0.5) is 12.9 Å². The fraction of sp³-hybridized carbons (Fsp3) is 0. The Morgan fingerprint density at radius 1 is 1.00 bits per heavy atom. The predicted octanol–water partition coefficient (Wildman–Crippen LogP) is 0.880. The maximum absolute atomic E-state index is 9.67. The molecule has 0 N–H and O–H groups in total. The molecule has 0 aliphatic carbocycles. The molecule has 0 bridgehead atoms. The number of hydrogen-bond acceptors (Lipinski definition) is 0. The summed E-state index contributed by atoms with van der Waals surface area (Å²) in [7, 11) is -3.67. The van der Waals surface area contributed by atoms with Gasteiger partial charge in [-0.15, -0.1) is 0 Å². The van der Waals surface area contributed by atoms with Crippen LogP contribution in [0.1, 0.15) is 0 Å². The summed E-state index contributed by atoms with van der Waals surface area (Å²) in [5, 5.41) is 0. The number of rotatable bonds is 0.